The first-order valence-corrected chi connectivity index (χ1v) is 3.71. The Morgan fingerprint density at radius 2 is 1.64 bits per heavy atom. The van der Waals surface area contributed by atoms with Crippen molar-refractivity contribution in [2.24, 2.45) is 0 Å². The van der Waals surface area contributed by atoms with E-state index in [1.807, 2.05) is 4.90 Å². The van der Waals surface area contributed by atoms with Gasteiger partial charge in [-0.3, -0.25) is 4.90 Å². The zero-order valence-corrected chi connectivity index (χ0v) is 7.38. The van der Waals surface area contributed by atoms with Crippen molar-refractivity contribution in [3.05, 3.63) is 25.3 Å². The quantitative estimate of drug-likeness (QED) is 0.479. The fourth-order valence-corrected chi connectivity index (χ4v) is 0.833. The fourth-order valence-electron chi connectivity index (χ4n) is 0.833. The lowest BCUT2D eigenvalue weighted by Crippen LogP contribution is -2.43. The van der Waals surface area contributed by atoms with Crippen LogP contribution in [0.25, 0.3) is 0 Å². The molecule has 0 amide bonds. The predicted octanol–water partition coefficient (Wildman–Crippen LogP) is 1.39. The second kappa shape index (κ2) is 4.31. The van der Waals surface area contributed by atoms with Crippen molar-refractivity contribution < 1.29 is 5.11 Å². The van der Waals surface area contributed by atoms with Crippen LogP contribution in [0.2, 0.25) is 0 Å². The summed E-state index contributed by atoms with van der Waals surface area (Å²) in [6, 6.07) is 0. The number of aliphatic hydroxyl groups is 1. The lowest BCUT2D eigenvalue weighted by molar-refractivity contribution is -0.0655. The van der Waals surface area contributed by atoms with Gasteiger partial charge in [0.2, 0.25) is 0 Å². The van der Waals surface area contributed by atoms with Gasteiger partial charge in [0.25, 0.3) is 0 Å². The molecule has 0 aromatic rings. The summed E-state index contributed by atoms with van der Waals surface area (Å²) in [6.07, 6.45) is 3.53. The van der Waals surface area contributed by atoms with Crippen LogP contribution in [0.5, 0.6) is 0 Å². The number of hydrogen-bond acceptors (Lipinski definition) is 2. The third kappa shape index (κ3) is 3.96. The Kier molecular flexibility index (Phi) is 4.08. The topological polar surface area (TPSA) is 23.5 Å². The minimum absolute atomic E-state index is 0.676. The second-order valence-electron chi connectivity index (χ2n) is 2.98. The van der Waals surface area contributed by atoms with Crippen LogP contribution in [0.4, 0.5) is 0 Å². The maximum atomic E-state index is 9.57. The Labute approximate surface area is 68.8 Å². The molecule has 11 heavy (non-hydrogen) atoms. The normalized spacial score (nSPS) is 11.6. The highest BCUT2D eigenvalue weighted by Crippen LogP contribution is 2.08. The highest BCUT2D eigenvalue weighted by atomic mass is 16.3. The summed E-state index contributed by atoms with van der Waals surface area (Å²) >= 11 is 0. The third-order valence-electron chi connectivity index (χ3n) is 1.47. The SMILES string of the molecule is C=CCN(CC=C)C(C)(C)O. The molecule has 0 aromatic heterocycles. The van der Waals surface area contributed by atoms with Crippen LogP contribution in [-0.2, 0) is 0 Å². The number of nitrogens with zero attached hydrogens (tertiary/aromatic N) is 1. The number of rotatable bonds is 5. The van der Waals surface area contributed by atoms with Crippen LogP contribution in [0.15, 0.2) is 25.3 Å². The van der Waals surface area contributed by atoms with Crippen molar-refractivity contribution >= 4 is 0 Å². The summed E-state index contributed by atoms with van der Waals surface area (Å²) in [5, 5.41) is 9.57. The van der Waals surface area contributed by atoms with Gasteiger partial charge in [-0.05, 0) is 13.8 Å². The summed E-state index contributed by atoms with van der Waals surface area (Å²) in [4.78, 5) is 1.87. The van der Waals surface area contributed by atoms with E-state index in [9.17, 15) is 5.11 Å². The van der Waals surface area contributed by atoms with Crippen molar-refractivity contribution in [2.45, 2.75) is 19.6 Å². The van der Waals surface area contributed by atoms with Crippen LogP contribution >= 0.6 is 0 Å². The van der Waals surface area contributed by atoms with Crippen LogP contribution in [0.1, 0.15) is 13.8 Å². The molecule has 0 aliphatic heterocycles. The molecule has 0 unspecified atom stereocenters. The molecule has 0 fully saturated rings. The molecule has 64 valence electrons. The molecule has 0 aromatic carbocycles. The van der Waals surface area contributed by atoms with Crippen LogP contribution in [0, 0.1) is 0 Å². The van der Waals surface area contributed by atoms with Gasteiger partial charge in [-0.2, -0.15) is 0 Å². The van der Waals surface area contributed by atoms with Crippen molar-refractivity contribution in [1.82, 2.24) is 4.90 Å². The summed E-state index contributed by atoms with van der Waals surface area (Å²) in [5.41, 5.74) is -0.789. The van der Waals surface area contributed by atoms with E-state index in [1.165, 1.54) is 0 Å². The molecule has 0 spiro atoms. The van der Waals surface area contributed by atoms with Gasteiger partial charge in [0, 0.05) is 13.1 Å². The van der Waals surface area contributed by atoms with Gasteiger partial charge in [-0.1, -0.05) is 12.2 Å². The van der Waals surface area contributed by atoms with E-state index in [0.29, 0.717) is 13.1 Å². The zero-order chi connectivity index (χ0) is 8.91. The smallest absolute Gasteiger partial charge is 0.113 e. The van der Waals surface area contributed by atoms with E-state index >= 15 is 0 Å². The largest absolute Gasteiger partial charge is 0.376 e. The first-order chi connectivity index (χ1) is 5.02. The van der Waals surface area contributed by atoms with Gasteiger partial charge in [0.05, 0.1) is 0 Å². The van der Waals surface area contributed by atoms with Gasteiger partial charge in [-0.15, -0.1) is 13.2 Å². The Hall–Kier alpha value is -0.600. The van der Waals surface area contributed by atoms with E-state index in [0.717, 1.165) is 0 Å². The monoisotopic (exact) mass is 155 g/mol. The highest BCUT2D eigenvalue weighted by Gasteiger charge is 2.20. The minimum Gasteiger partial charge on any atom is -0.376 e. The van der Waals surface area contributed by atoms with Crippen molar-refractivity contribution in [1.29, 1.82) is 0 Å². The van der Waals surface area contributed by atoms with E-state index in [1.54, 1.807) is 26.0 Å². The number of hydrogen-bond donors (Lipinski definition) is 1. The molecule has 0 aliphatic rings. The van der Waals surface area contributed by atoms with E-state index in [2.05, 4.69) is 13.2 Å². The Balaban J connectivity index is 4.08. The van der Waals surface area contributed by atoms with E-state index in [4.69, 9.17) is 0 Å². The second-order valence-corrected chi connectivity index (χ2v) is 2.98. The van der Waals surface area contributed by atoms with Gasteiger partial charge in [-0.25, -0.2) is 0 Å². The fraction of sp³-hybridized carbons (Fsp3) is 0.556. The Morgan fingerprint density at radius 3 is 1.82 bits per heavy atom. The molecule has 0 rings (SSSR count). The molecule has 0 aliphatic carbocycles. The van der Waals surface area contributed by atoms with Gasteiger partial charge >= 0.3 is 0 Å². The van der Waals surface area contributed by atoms with Crippen molar-refractivity contribution in [2.75, 3.05) is 13.1 Å². The Bertz CT molecular complexity index is 125. The maximum absolute atomic E-state index is 9.57. The molecule has 0 saturated carbocycles. The maximum Gasteiger partial charge on any atom is 0.113 e. The summed E-state index contributed by atoms with van der Waals surface area (Å²) in [7, 11) is 0. The summed E-state index contributed by atoms with van der Waals surface area (Å²) in [5.74, 6) is 0. The Morgan fingerprint density at radius 1 is 1.27 bits per heavy atom. The van der Waals surface area contributed by atoms with Gasteiger partial charge < -0.3 is 5.11 Å². The summed E-state index contributed by atoms with van der Waals surface area (Å²) < 4.78 is 0. The lowest BCUT2D eigenvalue weighted by Gasteiger charge is -2.32. The van der Waals surface area contributed by atoms with Crippen LogP contribution < -0.4 is 0 Å². The van der Waals surface area contributed by atoms with Crippen LogP contribution in [-0.4, -0.2) is 28.8 Å². The standard InChI is InChI=1S/C9H17NO/c1-5-7-10(8-6-2)9(3,4)11/h5-6,11H,1-2,7-8H2,3-4H3. The molecule has 0 bridgehead atoms. The van der Waals surface area contributed by atoms with E-state index < -0.39 is 5.72 Å². The average molecular weight is 155 g/mol. The molecule has 0 heterocycles. The zero-order valence-electron chi connectivity index (χ0n) is 7.38. The molecular formula is C9H17NO. The molecule has 2 nitrogen and oxygen atoms in total. The third-order valence-corrected chi connectivity index (χ3v) is 1.47. The van der Waals surface area contributed by atoms with Gasteiger partial charge in [0.15, 0.2) is 0 Å². The lowest BCUT2D eigenvalue weighted by atomic mass is 10.2. The van der Waals surface area contributed by atoms with Crippen molar-refractivity contribution in [3.63, 3.8) is 0 Å². The predicted molar refractivity (Wildman–Crippen MR) is 48.3 cm³/mol. The average Bonchev–Trinajstić information content (AvgIpc) is 1.85. The molecule has 1 N–H and O–H groups in total. The molecule has 0 saturated heterocycles. The first-order valence-electron chi connectivity index (χ1n) is 3.71. The van der Waals surface area contributed by atoms with E-state index in [-0.39, 0.29) is 0 Å². The van der Waals surface area contributed by atoms with Gasteiger partial charge in [0.1, 0.15) is 5.72 Å². The molecule has 2 heteroatoms. The first kappa shape index (κ1) is 10.4. The molecule has 0 atom stereocenters. The van der Waals surface area contributed by atoms with Crippen LogP contribution in [0.3, 0.4) is 0 Å². The molecular weight excluding hydrogens is 138 g/mol. The minimum atomic E-state index is -0.789. The summed E-state index contributed by atoms with van der Waals surface area (Å²) in [6.45, 7) is 12.1. The molecule has 0 radical (unpaired) electrons. The highest BCUT2D eigenvalue weighted by molar-refractivity contribution is 4.84. The van der Waals surface area contributed by atoms with Crippen molar-refractivity contribution in [3.8, 4) is 0 Å².